The number of methoxy groups -OCH3 is 2. The minimum Gasteiger partial charge on any atom is -0.508 e. The van der Waals surface area contributed by atoms with Gasteiger partial charge >= 0.3 is 0 Å². The first-order chi connectivity index (χ1) is 13.6. The Balaban J connectivity index is 2.01. The molecule has 0 aromatic heterocycles. The number of amidine groups is 1. The van der Waals surface area contributed by atoms with E-state index in [2.05, 4.69) is 11.6 Å². The van der Waals surface area contributed by atoms with Crippen LogP contribution in [0.3, 0.4) is 0 Å². The lowest BCUT2D eigenvalue weighted by atomic mass is 10.1. The summed E-state index contributed by atoms with van der Waals surface area (Å²) in [5.41, 5.74) is 1.29. The monoisotopic (exact) mass is 396 g/mol. The van der Waals surface area contributed by atoms with Crippen LogP contribution in [0.1, 0.15) is 5.56 Å². The zero-order valence-electron chi connectivity index (χ0n) is 15.6. The van der Waals surface area contributed by atoms with Gasteiger partial charge in [0.25, 0.3) is 5.91 Å². The van der Waals surface area contributed by atoms with E-state index in [0.717, 1.165) is 5.56 Å². The molecule has 7 heteroatoms. The Kier molecular flexibility index (Phi) is 6.06. The second kappa shape index (κ2) is 8.67. The number of nitrogens with zero attached hydrogens (tertiary/aromatic N) is 2. The molecule has 0 saturated carbocycles. The topological polar surface area (TPSA) is 71.4 Å². The first kappa shape index (κ1) is 19.6. The molecule has 0 spiro atoms. The first-order valence-corrected chi connectivity index (χ1v) is 9.30. The van der Waals surface area contributed by atoms with Gasteiger partial charge in [-0.15, -0.1) is 6.58 Å². The zero-order valence-corrected chi connectivity index (χ0v) is 16.4. The van der Waals surface area contributed by atoms with Crippen LogP contribution >= 0.6 is 11.8 Å². The van der Waals surface area contributed by atoms with E-state index in [-0.39, 0.29) is 11.7 Å². The minimum absolute atomic E-state index is 0.114. The number of aliphatic imine (C=N–C) groups is 1. The number of phenolic OH excluding ortho intramolecular Hbond substituents is 1. The van der Waals surface area contributed by atoms with Crippen LogP contribution in [0.15, 0.2) is 65.0 Å². The molecule has 2 aromatic rings. The van der Waals surface area contributed by atoms with E-state index in [1.807, 2.05) is 12.1 Å². The third kappa shape index (κ3) is 4.04. The number of thioether (sulfide) groups is 1. The molecule has 0 aliphatic carbocycles. The number of aromatic hydroxyl groups is 1. The summed E-state index contributed by atoms with van der Waals surface area (Å²) in [4.78, 5) is 19.5. The number of rotatable bonds is 6. The lowest BCUT2D eigenvalue weighted by Gasteiger charge is -2.12. The van der Waals surface area contributed by atoms with Crippen molar-refractivity contribution < 1.29 is 19.4 Å². The van der Waals surface area contributed by atoms with Crippen LogP contribution in [0.25, 0.3) is 6.08 Å². The van der Waals surface area contributed by atoms with E-state index in [9.17, 15) is 9.90 Å². The molecular weight excluding hydrogens is 376 g/mol. The van der Waals surface area contributed by atoms with Crippen LogP contribution in [0.4, 0.5) is 5.69 Å². The van der Waals surface area contributed by atoms with Gasteiger partial charge in [-0.25, -0.2) is 4.99 Å². The lowest BCUT2D eigenvalue weighted by molar-refractivity contribution is -0.121. The summed E-state index contributed by atoms with van der Waals surface area (Å²) >= 11 is 1.26. The van der Waals surface area contributed by atoms with Gasteiger partial charge in [-0.1, -0.05) is 24.3 Å². The van der Waals surface area contributed by atoms with Crippen molar-refractivity contribution in [2.24, 2.45) is 4.99 Å². The van der Waals surface area contributed by atoms with E-state index in [1.54, 1.807) is 55.5 Å². The molecule has 1 amide bonds. The highest BCUT2D eigenvalue weighted by atomic mass is 32.2. The quantitative estimate of drug-likeness (QED) is 0.585. The Morgan fingerprint density at radius 2 is 2.00 bits per heavy atom. The lowest BCUT2D eigenvalue weighted by Crippen LogP contribution is -2.29. The largest absolute Gasteiger partial charge is 0.508 e. The van der Waals surface area contributed by atoms with Crippen molar-refractivity contribution in [1.82, 2.24) is 4.90 Å². The Labute approximate surface area is 167 Å². The molecule has 144 valence electrons. The second-order valence-corrected chi connectivity index (χ2v) is 6.82. The summed E-state index contributed by atoms with van der Waals surface area (Å²) in [6, 6.07) is 12.0. The molecule has 1 N–H and O–H groups in total. The molecule has 0 bridgehead atoms. The van der Waals surface area contributed by atoms with Gasteiger partial charge in [-0.3, -0.25) is 9.69 Å². The summed E-state index contributed by atoms with van der Waals surface area (Å²) in [5.74, 6) is 1.08. The van der Waals surface area contributed by atoms with Crippen LogP contribution < -0.4 is 9.47 Å². The maximum absolute atomic E-state index is 12.9. The van der Waals surface area contributed by atoms with E-state index in [0.29, 0.717) is 33.8 Å². The molecule has 1 saturated heterocycles. The fourth-order valence-electron chi connectivity index (χ4n) is 2.72. The normalized spacial score (nSPS) is 16.6. The predicted octanol–water partition coefficient (Wildman–Crippen LogP) is 4.20. The number of carbonyl (C=O) groups excluding carboxylic acids is 1. The highest BCUT2D eigenvalue weighted by Crippen LogP contribution is 2.38. The van der Waals surface area contributed by atoms with Crippen LogP contribution in [-0.4, -0.2) is 41.8 Å². The average Bonchev–Trinajstić information content (AvgIpc) is 2.97. The third-order valence-electron chi connectivity index (χ3n) is 3.97. The Morgan fingerprint density at radius 3 is 2.68 bits per heavy atom. The molecule has 28 heavy (non-hydrogen) atoms. The number of hydrogen-bond donors (Lipinski definition) is 1. The van der Waals surface area contributed by atoms with Crippen LogP contribution in [0, 0.1) is 0 Å². The fourth-order valence-corrected chi connectivity index (χ4v) is 3.72. The highest BCUT2D eigenvalue weighted by Gasteiger charge is 2.33. The maximum atomic E-state index is 12.9. The highest BCUT2D eigenvalue weighted by molar-refractivity contribution is 8.18. The standard InChI is InChI=1S/C21H20N2O4S/c1-4-11-23-20(25)18(12-14-7-5-10-17(26-2)19(14)27-3)28-21(23)22-15-8-6-9-16(24)13-15/h4-10,12-13,24H,1,11H2,2-3H3/b18-12-,22-21?. The third-order valence-corrected chi connectivity index (χ3v) is 4.98. The van der Waals surface area contributed by atoms with Crippen molar-refractivity contribution in [3.8, 4) is 17.2 Å². The van der Waals surface area contributed by atoms with Crippen molar-refractivity contribution in [2.75, 3.05) is 20.8 Å². The molecule has 1 aliphatic heterocycles. The molecule has 6 nitrogen and oxygen atoms in total. The summed E-state index contributed by atoms with van der Waals surface area (Å²) < 4.78 is 10.8. The first-order valence-electron chi connectivity index (χ1n) is 8.48. The van der Waals surface area contributed by atoms with Crippen LogP contribution in [0.5, 0.6) is 17.2 Å². The van der Waals surface area contributed by atoms with Crippen molar-refractivity contribution in [1.29, 1.82) is 0 Å². The molecule has 2 aromatic carbocycles. The minimum atomic E-state index is -0.173. The number of carbonyl (C=O) groups is 1. The van der Waals surface area contributed by atoms with Gasteiger partial charge in [0.2, 0.25) is 0 Å². The van der Waals surface area contributed by atoms with Gasteiger partial charge in [0.05, 0.1) is 24.8 Å². The van der Waals surface area contributed by atoms with E-state index < -0.39 is 0 Å². The van der Waals surface area contributed by atoms with Crippen LogP contribution in [-0.2, 0) is 4.79 Å². The van der Waals surface area contributed by atoms with Crippen molar-refractivity contribution in [3.63, 3.8) is 0 Å². The smallest absolute Gasteiger partial charge is 0.267 e. The fraction of sp³-hybridized carbons (Fsp3) is 0.143. The molecule has 0 unspecified atom stereocenters. The number of benzene rings is 2. The van der Waals surface area contributed by atoms with Crippen LogP contribution in [0.2, 0.25) is 0 Å². The molecular formula is C21H20N2O4S. The number of phenols is 1. The van der Waals surface area contributed by atoms with Gasteiger partial charge in [0.15, 0.2) is 16.7 Å². The maximum Gasteiger partial charge on any atom is 0.267 e. The SMILES string of the molecule is C=CCN1C(=O)/C(=C/c2cccc(OC)c2OC)SC1=Nc1cccc(O)c1. The summed E-state index contributed by atoms with van der Waals surface area (Å²) in [7, 11) is 3.12. The van der Waals surface area contributed by atoms with E-state index in [4.69, 9.17) is 9.47 Å². The molecule has 0 radical (unpaired) electrons. The number of para-hydroxylation sites is 1. The van der Waals surface area contributed by atoms with E-state index >= 15 is 0 Å². The van der Waals surface area contributed by atoms with Crippen molar-refractivity contribution >= 4 is 34.6 Å². The molecule has 1 heterocycles. The van der Waals surface area contributed by atoms with Crippen molar-refractivity contribution in [3.05, 3.63) is 65.6 Å². The Hall–Kier alpha value is -3.19. The van der Waals surface area contributed by atoms with Gasteiger partial charge in [-0.05, 0) is 36.0 Å². The summed E-state index contributed by atoms with van der Waals surface area (Å²) in [5, 5.41) is 10.2. The predicted molar refractivity (Wildman–Crippen MR) is 112 cm³/mol. The summed E-state index contributed by atoms with van der Waals surface area (Å²) in [6.07, 6.45) is 3.40. The number of ether oxygens (including phenoxy) is 2. The van der Waals surface area contributed by atoms with Gasteiger partial charge in [0.1, 0.15) is 5.75 Å². The Bertz CT molecular complexity index is 969. The molecule has 1 aliphatic rings. The average molecular weight is 396 g/mol. The van der Waals surface area contributed by atoms with Gasteiger partial charge < -0.3 is 14.6 Å². The van der Waals surface area contributed by atoms with Crippen molar-refractivity contribution in [2.45, 2.75) is 0 Å². The van der Waals surface area contributed by atoms with Gasteiger partial charge in [0, 0.05) is 18.2 Å². The molecule has 1 fully saturated rings. The Morgan fingerprint density at radius 1 is 1.21 bits per heavy atom. The zero-order chi connectivity index (χ0) is 20.1. The van der Waals surface area contributed by atoms with Gasteiger partial charge in [-0.2, -0.15) is 0 Å². The molecule has 3 rings (SSSR count). The van der Waals surface area contributed by atoms with E-state index in [1.165, 1.54) is 17.8 Å². The summed E-state index contributed by atoms with van der Waals surface area (Å²) in [6.45, 7) is 4.05. The molecule has 0 atom stereocenters. The number of hydrogen-bond acceptors (Lipinski definition) is 6. The second-order valence-electron chi connectivity index (χ2n) is 5.81. The number of amides is 1.